The van der Waals surface area contributed by atoms with Gasteiger partial charge in [-0.15, -0.1) is 0 Å². The van der Waals surface area contributed by atoms with E-state index in [2.05, 4.69) is 17.1 Å². The Labute approximate surface area is 209 Å². The highest BCUT2D eigenvalue weighted by Gasteiger charge is 2.32. The first-order chi connectivity index (χ1) is 16.6. The molecule has 0 N–H and O–H groups in total. The molecule has 0 aliphatic carbocycles. The number of morpholine rings is 1. The number of sulfonamides is 1. The molecule has 1 amide bonds. The summed E-state index contributed by atoms with van der Waals surface area (Å²) >= 11 is 1.46. The van der Waals surface area contributed by atoms with Crippen LogP contribution in [0.1, 0.15) is 35.3 Å². The second-order valence-corrected chi connectivity index (χ2v) is 11.9. The number of carbonyl (C=O) groups is 1. The fourth-order valence-corrected chi connectivity index (χ4v) is 7.09. The van der Waals surface area contributed by atoms with E-state index in [-0.39, 0.29) is 17.1 Å². The molecule has 0 saturated carbocycles. The van der Waals surface area contributed by atoms with Gasteiger partial charge in [-0.05, 0) is 69.2 Å². The van der Waals surface area contributed by atoms with E-state index in [4.69, 9.17) is 9.47 Å². The van der Waals surface area contributed by atoms with Crippen LogP contribution in [0.25, 0.3) is 10.2 Å². The van der Waals surface area contributed by atoms with Crippen molar-refractivity contribution >= 4 is 37.5 Å². The van der Waals surface area contributed by atoms with E-state index in [1.807, 2.05) is 32.3 Å². The highest BCUT2D eigenvalue weighted by atomic mass is 32.2. The Kier molecular flexibility index (Phi) is 7.58. The number of hydrogen-bond donors (Lipinski definition) is 0. The molecule has 1 fully saturated rings. The molecule has 4 rings (SSSR count). The van der Waals surface area contributed by atoms with Gasteiger partial charge in [0.15, 0.2) is 4.80 Å². The number of ether oxygens (including phenoxy) is 2. The summed E-state index contributed by atoms with van der Waals surface area (Å²) in [7, 11) is -2.04. The van der Waals surface area contributed by atoms with Crippen molar-refractivity contribution in [3.8, 4) is 0 Å². The van der Waals surface area contributed by atoms with E-state index in [1.165, 1.54) is 39.9 Å². The predicted molar refractivity (Wildman–Crippen MR) is 136 cm³/mol. The zero-order chi connectivity index (χ0) is 25.3. The third-order valence-electron chi connectivity index (χ3n) is 5.96. The van der Waals surface area contributed by atoms with Crippen LogP contribution in [0.2, 0.25) is 0 Å². The van der Waals surface area contributed by atoms with Gasteiger partial charge >= 0.3 is 0 Å². The van der Waals surface area contributed by atoms with Gasteiger partial charge in [-0.1, -0.05) is 17.4 Å². The van der Waals surface area contributed by atoms with Gasteiger partial charge in [0.25, 0.3) is 5.91 Å². The average Bonchev–Trinajstić information content (AvgIpc) is 3.14. The van der Waals surface area contributed by atoms with Gasteiger partial charge in [0.2, 0.25) is 10.0 Å². The van der Waals surface area contributed by atoms with Crippen molar-refractivity contribution in [2.75, 3.05) is 26.8 Å². The Morgan fingerprint density at radius 3 is 2.43 bits per heavy atom. The normalized spacial score (nSPS) is 20.0. The van der Waals surface area contributed by atoms with Crippen molar-refractivity contribution < 1.29 is 22.7 Å². The van der Waals surface area contributed by atoms with Crippen LogP contribution in [-0.2, 0) is 26.0 Å². The molecule has 2 atom stereocenters. The molecule has 0 spiro atoms. The third kappa shape index (κ3) is 5.41. The summed E-state index contributed by atoms with van der Waals surface area (Å²) < 4.78 is 41.6. The number of methoxy groups -OCH3 is 1. The molecule has 1 aliphatic rings. The number of hydrogen-bond acceptors (Lipinski definition) is 6. The standard InChI is InChI=1S/C25H31N3O5S2/c1-16-12-17(2)23-22(13-16)28(10-11-32-5)25(34-23)26-24(29)20-6-8-21(9-7-20)35(30,31)27-14-18(3)33-19(4)15-27/h6-9,12-13,18-19H,10-11,14-15H2,1-5H3/t18-,19+. The number of fused-ring (bicyclic) bond motifs is 1. The summed E-state index contributed by atoms with van der Waals surface area (Å²) in [5.74, 6) is -0.422. The van der Waals surface area contributed by atoms with Crippen LogP contribution < -0.4 is 4.80 Å². The van der Waals surface area contributed by atoms with Crippen molar-refractivity contribution in [2.24, 2.45) is 4.99 Å². The van der Waals surface area contributed by atoms with Gasteiger partial charge in [-0.3, -0.25) is 4.79 Å². The number of thiazole rings is 1. The molecular weight excluding hydrogens is 486 g/mol. The Balaban J connectivity index is 1.65. The van der Waals surface area contributed by atoms with Crippen molar-refractivity contribution in [3.63, 3.8) is 0 Å². The van der Waals surface area contributed by atoms with Gasteiger partial charge in [0.1, 0.15) is 0 Å². The first-order valence-corrected chi connectivity index (χ1v) is 13.8. The molecule has 8 nitrogen and oxygen atoms in total. The summed E-state index contributed by atoms with van der Waals surface area (Å²) in [5, 5.41) is 0. The summed E-state index contributed by atoms with van der Waals surface area (Å²) in [4.78, 5) is 18.2. The molecule has 3 aromatic rings. The number of benzene rings is 2. The molecule has 35 heavy (non-hydrogen) atoms. The number of aryl methyl sites for hydroxylation is 2. The number of rotatable bonds is 6. The molecule has 1 aromatic heterocycles. The number of aromatic nitrogens is 1. The van der Waals surface area contributed by atoms with Crippen LogP contribution in [0.4, 0.5) is 0 Å². The highest BCUT2D eigenvalue weighted by Crippen LogP contribution is 2.24. The lowest BCUT2D eigenvalue weighted by molar-refractivity contribution is -0.0440. The molecule has 1 saturated heterocycles. The monoisotopic (exact) mass is 517 g/mol. The van der Waals surface area contributed by atoms with Crippen LogP contribution in [0.3, 0.4) is 0 Å². The van der Waals surface area contributed by atoms with Crippen molar-refractivity contribution in [1.29, 1.82) is 0 Å². The summed E-state index contributed by atoms with van der Waals surface area (Å²) in [6.07, 6.45) is -0.349. The molecule has 10 heteroatoms. The second kappa shape index (κ2) is 10.3. The molecule has 1 aliphatic heterocycles. The largest absolute Gasteiger partial charge is 0.383 e. The zero-order valence-corrected chi connectivity index (χ0v) is 22.3. The molecule has 2 heterocycles. The maximum Gasteiger partial charge on any atom is 0.279 e. The Morgan fingerprint density at radius 2 is 1.80 bits per heavy atom. The van der Waals surface area contributed by atoms with Gasteiger partial charge < -0.3 is 14.0 Å². The SMILES string of the molecule is COCCn1c(=NC(=O)c2ccc(S(=O)(=O)N3C[C@@H](C)O[C@@H](C)C3)cc2)sc2c(C)cc(C)cc21. The van der Waals surface area contributed by atoms with Crippen LogP contribution in [-0.4, -0.2) is 62.2 Å². The first kappa shape index (κ1) is 25.7. The Hall–Kier alpha value is -2.37. The van der Waals surface area contributed by atoms with Crippen LogP contribution in [0, 0.1) is 13.8 Å². The van der Waals surface area contributed by atoms with Crippen LogP contribution >= 0.6 is 11.3 Å². The minimum Gasteiger partial charge on any atom is -0.383 e. The first-order valence-electron chi connectivity index (χ1n) is 11.5. The van der Waals surface area contributed by atoms with E-state index in [0.717, 1.165) is 21.3 Å². The second-order valence-electron chi connectivity index (χ2n) is 8.98. The molecule has 2 aromatic carbocycles. The smallest absolute Gasteiger partial charge is 0.279 e. The Bertz CT molecular complexity index is 1400. The van der Waals surface area contributed by atoms with E-state index in [9.17, 15) is 13.2 Å². The van der Waals surface area contributed by atoms with Crippen molar-refractivity contribution in [2.45, 2.75) is 51.3 Å². The van der Waals surface area contributed by atoms with Gasteiger partial charge in [0, 0.05) is 32.3 Å². The maximum absolute atomic E-state index is 13.1. The lowest BCUT2D eigenvalue weighted by atomic mass is 10.1. The Morgan fingerprint density at radius 1 is 1.14 bits per heavy atom. The number of nitrogens with zero attached hydrogens (tertiary/aromatic N) is 3. The van der Waals surface area contributed by atoms with E-state index in [0.29, 0.717) is 36.6 Å². The molecule has 0 bridgehead atoms. The van der Waals surface area contributed by atoms with Crippen LogP contribution in [0.5, 0.6) is 0 Å². The maximum atomic E-state index is 13.1. The van der Waals surface area contributed by atoms with E-state index in [1.54, 1.807) is 7.11 Å². The fraction of sp³-hybridized carbons (Fsp3) is 0.440. The van der Waals surface area contributed by atoms with Gasteiger partial charge in [0.05, 0.1) is 33.9 Å². The molecule has 0 radical (unpaired) electrons. The van der Waals surface area contributed by atoms with Gasteiger partial charge in [-0.25, -0.2) is 8.42 Å². The molecule has 0 unspecified atom stereocenters. The van der Waals surface area contributed by atoms with Crippen molar-refractivity contribution in [1.82, 2.24) is 8.87 Å². The summed E-state index contributed by atoms with van der Waals surface area (Å²) in [6.45, 7) is 9.47. The topological polar surface area (TPSA) is 90.2 Å². The number of carbonyl (C=O) groups excluding carboxylic acids is 1. The average molecular weight is 518 g/mol. The van der Waals surface area contributed by atoms with E-state index < -0.39 is 15.9 Å². The van der Waals surface area contributed by atoms with Crippen LogP contribution in [0.15, 0.2) is 46.3 Å². The highest BCUT2D eigenvalue weighted by molar-refractivity contribution is 7.89. The summed E-state index contributed by atoms with van der Waals surface area (Å²) in [6, 6.07) is 10.2. The lowest BCUT2D eigenvalue weighted by Gasteiger charge is -2.34. The summed E-state index contributed by atoms with van der Waals surface area (Å²) in [5.41, 5.74) is 3.62. The number of amides is 1. The minimum atomic E-state index is -3.68. The van der Waals surface area contributed by atoms with Crippen molar-refractivity contribution in [3.05, 3.63) is 57.9 Å². The lowest BCUT2D eigenvalue weighted by Crippen LogP contribution is -2.48. The minimum absolute atomic E-state index is 0.151. The molecule has 188 valence electrons. The third-order valence-corrected chi connectivity index (χ3v) is 9.03. The quantitative estimate of drug-likeness (QED) is 0.499. The predicted octanol–water partition coefficient (Wildman–Crippen LogP) is 3.51. The molecular formula is C25H31N3O5S2. The van der Waals surface area contributed by atoms with Gasteiger partial charge in [-0.2, -0.15) is 9.30 Å². The van der Waals surface area contributed by atoms with E-state index >= 15 is 0 Å². The fourth-order valence-electron chi connectivity index (χ4n) is 4.39. The zero-order valence-electron chi connectivity index (χ0n) is 20.6.